The second kappa shape index (κ2) is 4.77. The first-order valence-corrected chi connectivity index (χ1v) is 7.44. The van der Waals surface area contributed by atoms with Gasteiger partial charge in [0.2, 0.25) is 5.95 Å². The summed E-state index contributed by atoms with van der Waals surface area (Å²) in [5.74, 6) is 2.78. The van der Waals surface area contributed by atoms with Crippen molar-refractivity contribution in [1.29, 1.82) is 0 Å². The SMILES string of the molecule is CC1CSCCN1c1nc2ccc(N)cc2c(=O)[nH]1. The number of anilines is 2. The minimum absolute atomic E-state index is 0.127. The van der Waals surface area contributed by atoms with Gasteiger partial charge >= 0.3 is 0 Å². The molecule has 1 fully saturated rings. The summed E-state index contributed by atoms with van der Waals surface area (Å²) >= 11 is 1.93. The molecular weight excluding hydrogens is 260 g/mol. The lowest BCUT2D eigenvalue weighted by Gasteiger charge is -2.33. The number of rotatable bonds is 1. The van der Waals surface area contributed by atoms with Crippen LogP contribution in [0.3, 0.4) is 0 Å². The maximum Gasteiger partial charge on any atom is 0.260 e. The Hall–Kier alpha value is -1.69. The molecule has 1 atom stereocenters. The van der Waals surface area contributed by atoms with E-state index in [1.54, 1.807) is 18.2 Å². The summed E-state index contributed by atoms with van der Waals surface area (Å²) in [5.41, 5.74) is 6.85. The number of aromatic nitrogens is 2. The molecule has 1 aliphatic rings. The number of nitrogen functional groups attached to an aromatic ring is 1. The van der Waals surface area contributed by atoms with E-state index in [0.29, 0.717) is 28.6 Å². The van der Waals surface area contributed by atoms with Crippen LogP contribution >= 0.6 is 11.8 Å². The van der Waals surface area contributed by atoms with Gasteiger partial charge in [-0.2, -0.15) is 11.8 Å². The summed E-state index contributed by atoms with van der Waals surface area (Å²) in [6.45, 7) is 3.06. The van der Waals surface area contributed by atoms with Gasteiger partial charge in [0.1, 0.15) is 0 Å². The van der Waals surface area contributed by atoms with Gasteiger partial charge in [0, 0.05) is 29.8 Å². The van der Waals surface area contributed by atoms with Crippen LogP contribution in [-0.4, -0.2) is 34.1 Å². The highest BCUT2D eigenvalue weighted by Gasteiger charge is 2.21. The molecule has 1 aliphatic heterocycles. The van der Waals surface area contributed by atoms with Crippen molar-refractivity contribution in [2.75, 3.05) is 28.7 Å². The van der Waals surface area contributed by atoms with E-state index >= 15 is 0 Å². The fraction of sp³-hybridized carbons (Fsp3) is 0.385. The Kier molecular flexibility index (Phi) is 3.10. The molecule has 1 unspecified atom stereocenters. The Bertz CT molecular complexity index is 669. The number of nitrogens with two attached hydrogens (primary N) is 1. The van der Waals surface area contributed by atoms with Crippen molar-refractivity contribution < 1.29 is 0 Å². The maximum absolute atomic E-state index is 12.1. The zero-order chi connectivity index (χ0) is 13.4. The smallest absolute Gasteiger partial charge is 0.260 e. The minimum atomic E-state index is -0.127. The summed E-state index contributed by atoms with van der Waals surface area (Å²) in [6.07, 6.45) is 0. The summed E-state index contributed by atoms with van der Waals surface area (Å²) in [7, 11) is 0. The zero-order valence-electron chi connectivity index (χ0n) is 10.7. The first-order valence-electron chi connectivity index (χ1n) is 6.29. The zero-order valence-corrected chi connectivity index (χ0v) is 11.5. The predicted molar refractivity (Wildman–Crippen MR) is 80.9 cm³/mol. The van der Waals surface area contributed by atoms with Crippen molar-refractivity contribution in [2.24, 2.45) is 0 Å². The van der Waals surface area contributed by atoms with Crippen LogP contribution in [0.2, 0.25) is 0 Å². The molecule has 0 amide bonds. The normalized spacial score (nSPS) is 19.8. The lowest BCUT2D eigenvalue weighted by atomic mass is 10.2. The van der Waals surface area contributed by atoms with Crippen LogP contribution in [0.1, 0.15) is 6.92 Å². The highest BCUT2D eigenvalue weighted by molar-refractivity contribution is 7.99. The maximum atomic E-state index is 12.1. The van der Waals surface area contributed by atoms with E-state index in [2.05, 4.69) is 21.8 Å². The Balaban J connectivity index is 2.10. The molecule has 2 heterocycles. The molecule has 100 valence electrons. The monoisotopic (exact) mass is 276 g/mol. The van der Waals surface area contributed by atoms with E-state index in [9.17, 15) is 4.79 Å². The van der Waals surface area contributed by atoms with Crippen LogP contribution in [0.15, 0.2) is 23.0 Å². The quantitative estimate of drug-likeness (QED) is 0.771. The van der Waals surface area contributed by atoms with E-state index in [1.807, 2.05) is 11.8 Å². The molecule has 0 radical (unpaired) electrons. The van der Waals surface area contributed by atoms with E-state index in [-0.39, 0.29) is 5.56 Å². The van der Waals surface area contributed by atoms with Crippen molar-refractivity contribution in [3.8, 4) is 0 Å². The van der Waals surface area contributed by atoms with Crippen LogP contribution in [0.4, 0.5) is 11.6 Å². The van der Waals surface area contributed by atoms with Gasteiger partial charge in [0.05, 0.1) is 10.9 Å². The number of nitrogens with zero attached hydrogens (tertiary/aromatic N) is 2. The molecule has 6 heteroatoms. The predicted octanol–water partition coefficient (Wildman–Crippen LogP) is 1.45. The summed E-state index contributed by atoms with van der Waals surface area (Å²) in [6, 6.07) is 5.62. The molecule has 19 heavy (non-hydrogen) atoms. The third kappa shape index (κ3) is 2.28. The topological polar surface area (TPSA) is 75.0 Å². The van der Waals surface area contributed by atoms with Gasteiger partial charge in [-0.15, -0.1) is 0 Å². The number of aromatic amines is 1. The molecular formula is C13H16N4OS. The largest absolute Gasteiger partial charge is 0.399 e. The van der Waals surface area contributed by atoms with Gasteiger partial charge in [0.15, 0.2) is 0 Å². The number of fused-ring (bicyclic) bond motifs is 1. The lowest BCUT2D eigenvalue weighted by molar-refractivity contribution is 0.678. The summed E-state index contributed by atoms with van der Waals surface area (Å²) < 4.78 is 0. The minimum Gasteiger partial charge on any atom is -0.399 e. The van der Waals surface area contributed by atoms with Crippen LogP contribution in [0.25, 0.3) is 10.9 Å². The average Bonchev–Trinajstić information content (AvgIpc) is 2.40. The van der Waals surface area contributed by atoms with Crippen molar-refractivity contribution in [3.63, 3.8) is 0 Å². The number of benzene rings is 1. The Morgan fingerprint density at radius 3 is 3.16 bits per heavy atom. The first kappa shape index (κ1) is 12.3. The van der Waals surface area contributed by atoms with Gasteiger partial charge < -0.3 is 10.6 Å². The third-order valence-electron chi connectivity index (χ3n) is 3.36. The van der Waals surface area contributed by atoms with Gasteiger partial charge in [-0.1, -0.05) is 0 Å². The van der Waals surface area contributed by atoms with Crippen LogP contribution < -0.4 is 16.2 Å². The van der Waals surface area contributed by atoms with Crippen molar-refractivity contribution in [3.05, 3.63) is 28.6 Å². The molecule has 5 nitrogen and oxygen atoms in total. The van der Waals surface area contributed by atoms with Gasteiger partial charge in [-0.25, -0.2) is 4.98 Å². The van der Waals surface area contributed by atoms with Gasteiger partial charge in [-0.05, 0) is 25.1 Å². The molecule has 1 aromatic carbocycles. The fourth-order valence-corrected chi connectivity index (χ4v) is 3.34. The number of hydrogen-bond acceptors (Lipinski definition) is 5. The fourth-order valence-electron chi connectivity index (χ4n) is 2.32. The number of thioether (sulfide) groups is 1. The Morgan fingerprint density at radius 2 is 2.37 bits per heavy atom. The molecule has 0 spiro atoms. The molecule has 1 aromatic heterocycles. The first-order chi connectivity index (χ1) is 9.15. The average molecular weight is 276 g/mol. The summed E-state index contributed by atoms with van der Waals surface area (Å²) in [5, 5.41) is 0.544. The van der Waals surface area contributed by atoms with Crippen molar-refractivity contribution >= 4 is 34.3 Å². The number of H-pyrrole nitrogens is 1. The molecule has 3 N–H and O–H groups in total. The van der Waals surface area contributed by atoms with E-state index in [4.69, 9.17) is 5.73 Å². The van der Waals surface area contributed by atoms with Crippen molar-refractivity contribution in [2.45, 2.75) is 13.0 Å². The standard InChI is InChI=1S/C13H16N4OS/c1-8-7-19-5-4-17(8)13-15-11-3-2-9(14)6-10(11)12(18)16-13/h2-3,6,8H,4-5,7,14H2,1H3,(H,15,16,18). The molecule has 0 aliphatic carbocycles. The highest BCUT2D eigenvalue weighted by atomic mass is 32.2. The highest BCUT2D eigenvalue weighted by Crippen LogP contribution is 2.21. The summed E-state index contributed by atoms with van der Waals surface area (Å²) in [4.78, 5) is 21.7. The van der Waals surface area contributed by atoms with Crippen LogP contribution in [-0.2, 0) is 0 Å². The Morgan fingerprint density at radius 1 is 1.53 bits per heavy atom. The van der Waals surface area contributed by atoms with Crippen LogP contribution in [0, 0.1) is 0 Å². The van der Waals surface area contributed by atoms with Crippen LogP contribution in [0.5, 0.6) is 0 Å². The molecule has 0 saturated carbocycles. The van der Waals surface area contributed by atoms with E-state index in [1.165, 1.54) is 0 Å². The van der Waals surface area contributed by atoms with E-state index in [0.717, 1.165) is 18.1 Å². The molecule has 2 aromatic rings. The van der Waals surface area contributed by atoms with E-state index < -0.39 is 0 Å². The second-order valence-electron chi connectivity index (χ2n) is 4.78. The third-order valence-corrected chi connectivity index (χ3v) is 4.55. The second-order valence-corrected chi connectivity index (χ2v) is 5.93. The molecule has 3 rings (SSSR count). The van der Waals surface area contributed by atoms with Gasteiger partial charge in [0.25, 0.3) is 5.56 Å². The lowest BCUT2D eigenvalue weighted by Crippen LogP contribution is -2.42. The number of nitrogens with one attached hydrogen (secondary N) is 1. The number of hydrogen-bond donors (Lipinski definition) is 2. The molecule has 0 bridgehead atoms. The van der Waals surface area contributed by atoms with Gasteiger partial charge in [-0.3, -0.25) is 9.78 Å². The van der Waals surface area contributed by atoms with Crippen molar-refractivity contribution in [1.82, 2.24) is 9.97 Å². The Labute approximate surface area is 115 Å². The molecule has 1 saturated heterocycles.